The van der Waals surface area contributed by atoms with E-state index in [4.69, 9.17) is 27.9 Å². The molecule has 2 aromatic rings. The molecule has 0 saturated heterocycles. The molecule has 0 aliphatic heterocycles. The second-order valence-corrected chi connectivity index (χ2v) is 5.56. The highest BCUT2D eigenvalue weighted by atomic mass is 35.5. The van der Waals surface area contributed by atoms with E-state index in [2.05, 4.69) is 5.10 Å². The van der Waals surface area contributed by atoms with Crippen LogP contribution in [0.25, 0.3) is 0 Å². The van der Waals surface area contributed by atoms with Crippen LogP contribution in [0.1, 0.15) is 36.4 Å². The van der Waals surface area contributed by atoms with Crippen LogP contribution in [0.3, 0.4) is 0 Å². The molecule has 0 bridgehead atoms. The number of aromatic nitrogens is 2. The molecule has 0 atom stereocenters. The normalized spacial score (nSPS) is 10.9. The maximum Gasteiger partial charge on any atom is 0.131 e. The number of halogens is 2. The Morgan fingerprint density at radius 1 is 1.29 bits per heavy atom. The van der Waals surface area contributed by atoms with Crippen LogP contribution in [0.2, 0.25) is 5.02 Å². The average molecular weight is 327 g/mol. The van der Waals surface area contributed by atoms with E-state index in [-0.39, 0.29) is 0 Å². The fraction of sp³-hybridized carbons (Fsp3) is 0.438. The van der Waals surface area contributed by atoms with Gasteiger partial charge < -0.3 is 4.74 Å². The summed E-state index contributed by atoms with van der Waals surface area (Å²) >= 11 is 12.4. The number of ether oxygens (including phenoxy) is 1. The Labute approximate surface area is 135 Å². The number of hydrogen-bond acceptors (Lipinski definition) is 2. The second kappa shape index (κ2) is 7.19. The first-order chi connectivity index (χ1) is 10.1. The van der Waals surface area contributed by atoms with Gasteiger partial charge in [0.2, 0.25) is 0 Å². The highest BCUT2D eigenvalue weighted by Gasteiger charge is 2.15. The minimum Gasteiger partial charge on any atom is -0.487 e. The number of benzene rings is 1. The molecule has 1 aromatic heterocycles. The van der Waals surface area contributed by atoms with Crippen molar-refractivity contribution in [3.8, 4) is 5.75 Å². The van der Waals surface area contributed by atoms with Crippen molar-refractivity contribution in [3.63, 3.8) is 0 Å². The topological polar surface area (TPSA) is 27.1 Å². The van der Waals surface area contributed by atoms with Crippen LogP contribution in [0.4, 0.5) is 0 Å². The third kappa shape index (κ3) is 3.53. The largest absolute Gasteiger partial charge is 0.487 e. The van der Waals surface area contributed by atoms with Gasteiger partial charge in [0.1, 0.15) is 12.4 Å². The predicted molar refractivity (Wildman–Crippen MR) is 87.4 cm³/mol. The molecule has 0 N–H and O–H groups in total. The van der Waals surface area contributed by atoms with Gasteiger partial charge in [-0.25, -0.2) is 0 Å². The van der Waals surface area contributed by atoms with Crippen LogP contribution in [0.15, 0.2) is 18.2 Å². The van der Waals surface area contributed by atoms with Crippen LogP contribution in [-0.2, 0) is 25.5 Å². The quantitative estimate of drug-likeness (QED) is 0.716. The van der Waals surface area contributed by atoms with Crippen molar-refractivity contribution in [1.29, 1.82) is 0 Å². The molecule has 114 valence electrons. The van der Waals surface area contributed by atoms with Gasteiger partial charge in [0.05, 0.1) is 22.3 Å². The lowest BCUT2D eigenvalue weighted by Gasteiger charge is -2.12. The van der Waals surface area contributed by atoms with Gasteiger partial charge >= 0.3 is 0 Å². The van der Waals surface area contributed by atoms with E-state index >= 15 is 0 Å². The molecule has 0 spiro atoms. The molecular formula is C16H20Cl2N2O. The molecule has 0 radical (unpaired) electrons. The van der Waals surface area contributed by atoms with Crippen molar-refractivity contribution in [2.24, 2.45) is 0 Å². The number of alkyl halides is 1. The van der Waals surface area contributed by atoms with Gasteiger partial charge in [-0.3, -0.25) is 4.68 Å². The summed E-state index contributed by atoms with van der Waals surface area (Å²) in [6.45, 7) is 7.30. The van der Waals surface area contributed by atoms with Crippen LogP contribution in [-0.4, -0.2) is 9.78 Å². The van der Waals surface area contributed by atoms with Gasteiger partial charge in [0.25, 0.3) is 0 Å². The zero-order valence-electron chi connectivity index (χ0n) is 12.6. The first-order valence-corrected chi connectivity index (χ1v) is 8.04. The first-order valence-electron chi connectivity index (χ1n) is 7.13. The Kier molecular flexibility index (Phi) is 5.54. The maximum atomic E-state index is 6.38. The fourth-order valence-electron chi connectivity index (χ4n) is 2.25. The van der Waals surface area contributed by atoms with Gasteiger partial charge in [-0.05, 0) is 26.3 Å². The molecular weight excluding hydrogens is 307 g/mol. The average Bonchev–Trinajstić information content (AvgIpc) is 2.81. The number of hydrogen-bond donors (Lipinski definition) is 0. The lowest BCUT2D eigenvalue weighted by molar-refractivity contribution is 0.290. The first kappa shape index (κ1) is 16.2. The summed E-state index contributed by atoms with van der Waals surface area (Å²) in [6, 6.07) is 6.01. The SMILES string of the molecule is CCc1nn(CC)c(COc2ccc(C)cc2CCl)c1Cl. The monoisotopic (exact) mass is 326 g/mol. The minimum atomic E-state index is 0.395. The lowest BCUT2D eigenvalue weighted by atomic mass is 10.1. The van der Waals surface area contributed by atoms with Crippen molar-refractivity contribution >= 4 is 23.2 Å². The van der Waals surface area contributed by atoms with Gasteiger partial charge in [-0.2, -0.15) is 5.10 Å². The zero-order chi connectivity index (χ0) is 15.4. The number of nitrogens with zero attached hydrogens (tertiary/aromatic N) is 2. The lowest BCUT2D eigenvalue weighted by Crippen LogP contribution is -2.07. The third-order valence-electron chi connectivity index (χ3n) is 3.42. The summed E-state index contributed by atoms with van der Waals surface area (Å²) in [5.74, 6) is 1.23. The molecule has 3 nitrogen and oxygen atoms in total. The zero-order valence-corrected chi connectivity index (χ0v) is 14.1. The Hall–Kier alpha value is -1.19. The van der Waals surface area contributed by atoms with Crippen molar-refractivity contribution in [1.82, 2.24) is 9.78 Å². The maximum absolute atomic E-state index is 6.38. The Balaban J connectivity index is 2.22. The molecule has 0 fully saturated rings. The molecule has 21 heavy (non-hydrogen) atoms. The van der Waals surface area contributed by atoms with Crippen molar-refractivity contribution in [3.05, 3.63) is 45.7 Å². The second-order valence-electron chi connectivity index (χ2n) is 4.91. The molecule has 2 rings (SSSR count). The van der Waals surface area contributed by atoms with E-state index in [0.29, 0.717) is 17.5 Å². The van der Waals surface area contributed by atoms with Gasteiger partial charge in [0.15, 0.2) is 0 Å². The highest BCUT2D eigenvalue weighted by molar-refractivity contribution is 6.31. The summed E-state index contributed by atoms with van der Waals surface area (Å²) in [6.07, 6.45) is 0.816. The van der Waals surface area contributed by atoms with E-state index in [1.165, 1.54) is 5.56 Å². The molecule has 1 aromatic carbocycles. The van der Waals surface area contributed by atoms with Crippen LogP contribution < -0.4 is 4.74 Å². The molecule has 0 aliphatic carbocycles. The molecule has 0 unspecified atom stereocenters. The Morgan fingerprint density at radius 3 is 2.67 bits per heavy atom. The number of aryl methyl sites for hydroxylation is 3. The summed E-state index contributed by atoms with van der Waals surface area (Å²) in [4.78, 5) is 0. The fourth-order valence-corrected chi connectivity index (χ4v) is 2.79. The molecule has 0 amide bonds. The van der Waals surface area contributed by atoms with Crippen LogP contribution in [0, 0.1) is 6.92 Å². The molecule has 0 saturated carbocycles. The molecule has 5 heteroatoms. The smallest absolute Gasteiger partial charge is 0.131 e. The van der Waals surface area contributed by atoms with Crippen LogP contribution in [0.5, 0.6) is 5.75 Å². The van der Waals surface area contributed by atoms with Gasteiger partial charge in [-0.1, -0.05) is 36.2 Å². The van der Waals surface area contributed by atoms with E-state index in [9.17, 15) is 0 Å². The van der Waals surface area contributed by atoms with E-state index in [0.717, 1.165) is 35.7 Å². The summed E-state index contributed by atoms with van der Waals surface area (Å²) in [5, 5.41) is 5.20. The minimum absolute atomic E-state index is 0.395. The van der Waals surface area contributed by atoms with E-state index in [1.54, 1.807) is 0 Å². The van der Waals surface area contributed by atoms with Gasteiger partial charge in [-0.15, -0.1) is 11.6 Å². The standard InChI is InChI=1S/C16H20Cl2N2O/c1-4-13-16(18)14(20(5-2)19-13)10-21-15-7-6-11(3)8-12(15)9-17/h6-8H,4-5,9-10H2,1-3H3. The summed E-state index contributed by atoms with van der Waals surface area (Å²) < 4.78 is 7.82. The summed E-state index contributed by atoms with van der Waals surface area (Å²) in [5.41, 5.74) is 3.99. The Morgan fingerprint density at radius 2 is 2.05 bits per heavy atom. The Bertz CT molecular complexity index is 623. The summed E-state index contributed by atoms with van der Waals surface area (Å²) in [7, 11) is 0. The third-order valence-corrected chi connectivity index (χ3v) is 4.14. The van der Waals surface area contributed by atoms with E-state index < -0.39 is 0 Å². The van der Waals surface area contributed by atoms with E-state index in [1.807, 2.05) is 43.7 Å². The van der Waals surface area contributed by atoms with Crippen molar-refractivity contribution in [2.45, 2.75) is 46.2 Å². The van der Waals surface area contributed by atoms with Gasteiger partial charge in [0, 0.05) is 12.1 Å². The van der Waals surface area contributed by atoms with Crippen LogP contribution >= 0.6 is 23.2 Å². The molecule has 1 heterocycles. The number of rotatable bonds is 6. The predicted octanol–water partition coefficient (Wildman–Crippen LogP) is 4.75. The van der Waals surface area contributed by atoms with Crippen molar-refractivity contribution in [2.75, 3.05) is 0 Å². The molecule has 0 aliphatic rings. The van der Waals surface area contributed by atoms with Crippen molar-refractivity contribution < 1.29 is 4.74 Å². The highest BCUT2D eigenvalue weighted by Crippen LogP contribution is 2.26.